The zero-order valence-electron chi connectivity index (χ0n) is 13.6. The molecule has 0 radical (unpaired) electrons. The van der Waals surface area contributed by atoms with Crippen LogP contribution in [0.1, 0.15) is 22.7 Å². The Labute approximate surface area is 146 Å². The summed E-state index contributed by atoms with van der Waals surface area (Å²) in [5.74, 6) is 1.39. The van der Waals surface area contributed by atoms with Gasteiger partial charge in [0.05, 0.1) is 6.04 Å². The van der Waals surface area contributed by atoms with Gasteiger partial charge in [-0.2, -0.15) is 0 Å². The molecule has 1 heterocycles. The number of aromatic hydroxyl groups is 2. The third-order valence-corrected chi connectivity index (χ3v) is 4.46. The van der Waals surface area contributed by atoms with Crippen LogP contribution in [-0.2, 0) is 6.42 Å². The fourth-order valence-corrected chi connectivity index (χ4v) is 3.26. The van der Waals surface area contributed by atoms with Crippen molar-refractivity contribution in [2.45, 2.75) is 12.5 Å². The Morgan fingerprint density at radius 3 is 2.44 bits per heavy atom. The van der Waals surface area contributed by atoms with Crippen molar-refractivity contribution < 1.29 is 14.9 Å². The first-order chi connectivity index (χ1) is 12.2. The second kappa shape index (κ2) is 6.49. The predicted molar refractivity (Wildman–Crippen MR) is 96.3 cm³/mol. The fourth-order valence-electron chi connectivity index (χ4n) is 3.26. The number of phenolic OH excluding ortho intramolecular Hbond substituents is 2. The lowest BCUT2D eigenvalue weighted by Gasteiger charge is -2.28. The molecule has 0 saturated carbocycles. The van der Waals surface area contributed by atoms with E-state index in [4.69, 9.17) is 4.74 Å². The SMILES string of the molecule is Oc1cc2c(cc1O)[C@H](c1cccc(Oc3ccccc3)c1)NCC2. The van der Waals surface area contributed by atoms with E-state index in [0.29, 0.717) is 0 Å². The van der Waals surface area contributed by atoms with Gasteiger partial charge in [-0.25, -0.2) is 0 Å². The van der Waals surface area contributed by atoms with Gasteiger partial charge in [0.25, 0.3) is 0 Å². The first-order valence-electron chi connectivity index (χ1n) is 8.32. The summed E-state index contributed by atoms with van der Waals surface area (Å²) in [5, 5.41) is 23.1. The lowest BCUT2D eigenvalue weighted by molar-refractivity contribution is 0.400. The van der Waals surface area contributed by atoms with Crippen molar-refractivity contribution in [3.8, 4) is 23.0 Å². The van der Waals surface area contributed by atoms with Gasteiger partial charge in [-0.3, -0.25) is 0 Å². The molecule has 0 spiro atoms. The van der Waals surface area contributed by atoms with Crippen LogP contribution in [0.3, 0.4) is 0 Å². The Hall–Kier alpha value is -2.98. The Balaban J connectivity index is 1.67. The van der Waals surface area contributed by atoms with E-state index in [1.807, 2.05) is 54.6 Å². The van der Waals surface area contributed by atoms with Crippen LogP contribution in [0.15, 0.2) is 66.7 Å². The molecule has 0 bridgehead atoms. The van der Waals surface area contributed by atoms with E-state index in [-0.39, 0.29) is 17.5 Å². The standard InChI is InChI=1S/C21H19NO3/c23-19-12-14-9-10-22-21(18(14)13-20(19)24)15-5-4-8-17(11-15)25-16-6-2-1-3-7-16/h1-8,11-13,21-24H,9-10H2/t21-/m0/s1. The van der Waals surface area contributed by atoms with Crippen LogP contribution in [0.25, 0.3) is 0 Å². The maximum atomic E-state index is 9.89. The number of ether oxygens (including phenoxy) is 1. The van der Waals surface area contributed by atoms with Gasteiger partial charge in [-0.1, -0.05) is 30.3 Å². The maximum Gasteiger partial charge on any atom is 0.157 e. The Morgan fingerprint density at radius 2 is 1.60 bits per heavy atom. The van der Waals surface area contributed by atoms with Gasteiger partial charge in [0.2, 0.25) is 0 Å². The zero-order chi connectivity index (χ0) is 17.2. The highest BCUT2D eigenvalue weighted by atomic mass is 16.5. The third kappa shape index (κ3) is 3.16. The topological polar surface area (TPSA) is 61.7 Å². The van der Waals surface area contributed by atoms with Crippen LogP contribution in [0.2, 0.25) is 0 Å². The summed E-state index contributed by atoms with van der Waals surface area (Å²) in [5.41, 5.74) is 3.09. The molecule has 126 valence electrons. The number of hydrogen-bond acceptors (Lipinski definition) is 4. The number of hydrogen-bond donors (Lipinski definition) is 3. The lowest BCUT2D eigenvalue weighted by Crippen LogP contribution is -2.30. The third-order valence-electron chi connectivity index (χ3n) is 4.46. The monoisotopic (exact) mass is 333 g/mol. The van der Waals surface area contributed by atoms with E-state index < -0.39 is 0 Å². The molecule has 0 aliphatic carbocycles. The van der Waals surface area contributed by atoms with Crippen molar-refractivity contribution in [2.24, 2.45) is 0 Å². The van der Waals surface area contributed by atoms with Crippen LogP contribution < -0.4 is 10.1 Å². The van der Waals surface area contributed by atoms with Gasteiger partial charge in [-0.15, -0.1) is 0 Å². The summed E-state index contributed by atoms with van der Waals surface area (Å²) in [6.07, 6.45) is 0.819. The molecule has 4 heteroatoms. The van der Waals surface area contributed by atoms with Crippen LogP contribution in [-0.4, -0.2) is 16.8 Å². The molecular weight excluding hydrogens is 314 g/mol. The molecule has 1 atom stereocenters. The Morgan fingerprint density at radius 1 is 0.840 bits per heavy atom. The van der Waals surface area contributed by atoms with Crippen molar-refractivity contribution >= 4 is 0 Å². The van der Waals surface area contributed by atoms with Gasteiger partial charge in [0.15, 0.2) is 11.5 Å². The molecule has 3 N–H and O–H groups in total. The molecule has 4 nitrogen and oxygen atoms in total. The van der Waals surface area contributed by atoms with Gasteiger partial charge in [-0.05, 0) is 59.5 Å². The van der Waals surface area contributed by atoms with Crippen LogP contribution in [0.5, 0.6) is 23.0 Å². The van der Waals surface area contributed by atoms with Crippen molar-refractivity contribution in [3.63, 3.8) is 0 Å². The first kappa shape index (κ1) is 15.5. The summed E-state index contributed by atoms with van der Waals surface area (Å²) < 4.78 is 5.92. The Kier molecular flexibility index (Phi) is 4.04. The van der Waals surface area contributed by atoms with Crippen molar-refractivity contribution in [1.82, 2.24) is 5.32 Å². The van der Waals surface area contributed by atoms with Gasteiger partial charge >= 0.3 is 0 Å². The molecule has 0 saturated heterocycles. The minimum absolute atomic E-state index is 0.0467. The highest BCUT2D eigenvalue weighted by Gasteiger charge is 2.23. The second-order valence-corrected chi connectivity index (χ2v) is 6.16. The smallest absolute Gasteiger partial charge is 0.157 e. The number of fused-ring (bicyclic) bond motifs is 1. The lowest BCUT2D eigenvalue weighted by atomic mass is 9.89. The summed E-state index contributed by atoms with van der Waals surface area (Å²) >= 11 is 0. The van der Waals surface area contributed by atoms with Crippen LogP contribution in [0.4, 0.5) is 0 Å². The molecule has 1 aliphatic rings. The maximum absolute atomic E-state index is 9.89. The minimum atomic E-state index is -0.0934. The highest BCUT2D eigenvalue weighted by molar-refractivity contribution is 5.51. The highest BCUT2D eigenvalue weighted by Crippen LogP contribution is 2.37. The van der Waals surface area contributed by atoms with Crippen LogP contribution in [0, 0.1) is 0 Å². The summed E-state index contributed by atoms with van der Waals surface area (Å²) in [6, 6.07) is 20.8. The number of para-hydroxylation sites is 1. The summed E-state index contributed by atoms with van der Waals surface area (Å²) in [6.45, 7) is 0.811. The fraction of sp³-hybridized carbons (Fsp3) is 0.143. The largest absolute Gasteiger partial charge is 0.504 e. The predicted octanol–water partition coefficient (Wildman–Crippen LogP) is 4.13. The van der Waals surface area contributed by atoms with Gasteiger partial charge in [0, 0.05) is 6.54 Å². The number of phenols is 2. The van der Waals surface area contributed by atoms with Crippen molar-refractivity contribution in [1.29, 1.82) is 0 Å². The molecule has 0 unspecified atom stereocenters. The second-order valence-electron chi connectivity index (χ2n) is 6.16. The quantitative estimate of drug-likeness (QED) is 0.631. The van der Waals surface area contributed by atoms with E-state index in [2.05, 4.69) is 5.32 Å². The summed E-state index contributed by atoms with van der Waals surface area (Å²) in [7, 11) is 0. The Bertz CT molecular complexity index is 893. The van der Waals surface area contributed by atoms with E-state index >= 15 is 0 Å². The molecule has 3 aromatic rings. The molecule has 1 aliphatic heterocycles. The summed E-state index contributed by atoms with van der Waals surface area (Å²) in [4.78, 5) is 0. The average Bonchev–Trinajstić information content (AvgIpc) is 2.63. The van der Waals surface area contributed by atoms with E-state index in [1.54, 1.807) is 12.1 Å². The average molecular weight is 333 g/mol. The molecule has 0 aromatic heterocycles. The van der Waals surface area contributed by atoms with Crippen molar-refractivity contribution in [2.75, 3.05) is 6.54 Å². The van der Waals surface area contributed by atoms with E-state index in [9.17, 15) is 10.2 Å². The molecule has 4 rings (SSSR count). The van der Waals surface area contributed by atoms with Gasteiger partial charge < -0.3 is 20.3 Å². The molecule has 25 heavy (non-hydrogen) atoms. The van der Waals surface area contributed by atoms with Crippen LogP contribution >= 0.6 is 0 Å². The van der Waals surface area contributed by atoms with E-state index in [0.717, 1.165) is 41.2 Å². The van der Waals surface area contributed by atoms with Gasteiger partial charge in [0.1, 0.15) is 11.5 Å². The number of benzene rings is 3. The first-order valence-corrected chi connectivity index (χ1v) is 8.32. The minimum Gasteiger partial charge on any atom is -0.504 e. The number of nitrogens with one attached hydrogen (secondary N) is 1. The molecule has 0 amide bonds. The van der Waals surface area contributed by atoms with Crippen molar-refractivity contribution in [3.05, 3.63) is 83.4 Å². The molecule has 3 aromatic carbocycles. The molecule has 0 fully saturated rings. The molecular formula is C21H19NO3. The normalized spacial score (nSPS) is 16.2. The zero-order valence-corrected chi connectivity index (χ0v) is 13.6. The van der Waals surface area contributed by atoms with E-state index in [1.165, 1.54) is 0 Å². The number of rotatable bonds is 3.